The molecule has 4 rings (SSSR count). The molecule has 0 spiro atoms. The zero-order valence-corrected chi connectivity index (χ0v) is 19.6. The van der Waals surface area contributed by atoms with Gasteiger partial charge in [-0.3, -0.25) is 9.67 Å². The van der Waals surface area contributed by atoms with Crippen LogP contribution >= 0.6 is 0 Å². The van der Waals surface area contributed by atoms with Crippen LogP contribution in [-0.2, 0) is 20.0 Å². The minimum Gasteiger partial charge on any atom is -0.367 e. The molecule has 0 saturated carbocycles. The van der Waals surface area contributed by atoms with Crippen molar-refractivity contribution in [2.24, 2.45) is 18.0 Å². The summed E-state index contributed by atoms with van der Waals surface area (Å²) in [4.78, 5) is 11.3. The van der Waals surface area contributed by atoms with Crippen molar-refractivity contribution in [2.45, 2.75) is 26.3 Å². The van der Waals surface area contributed by atoms with Crippen LogP contribution in [0.2, 0.25) is 0 Å². The summed E-state index contributed by atoms with van der Waals surface area (Å²) in [5, 5.41) is 7.70. The molecule has 2 saturated heterocycles. The Bertz CT molecular complexity index is 917. The number of aromatic nitrogens is 2. The van der Waals surface area contributed by atoms with Crippen molar-refractivity contribution in [3.05, 3.63) is 47.5 Å². The highest BCUT2D eigenvalue weighted by Crippen LogP contribution is 2.23. The zero-order valence-electron chi connectivity index (χ0n) is 19.6. The average Bonchev–Trinajstić information content (AvgIpc) is 3.43. The van der Waals surface area contributed by atoms with Gasteiger partial charge in [0.2, 0.25) is 0 Å². The Morgan fingerprint density at radius 1 is 1.19 bits per heavy atom. The summed E-state index contributed by atoms with van der Waals surface area (Å²) < 4.78 is 16.7. The van der Waals surface area contributed by atoms with Gasteiger partial charge >= 0.3 is 0 Å². The number of benzene rings is 1. The number of hydrogen-bond donors (Lipinski definition) is 1. The summed E-state index contributed by atoms with van der Waals surface area (Å²) in [5.74, 6) is 1.35. The highest BCUT2D eigenvalue weighted by Gasteiger charge is 2.25. The number of nitrogens with zero attached hydrogens (tertiary/aromatic N) is 6. The molecule has 0 bridgehead atoms. The molecule has 32 heavy (non-hydrogen) atoms. The van der Waals surface area contributed by atoms with E-state index in [0.29, 0.717) is 18.2 Å². The van der Waals surface area contributed by atoms with Crippen LogP contribution in [0.5, 0.6) is 0 Å². The molecule has 2 aromatic rings. The standard InChI is InChI=1S/C24H36FN7/c1-4-30-9-11-31(12-10-30)23-6-5-19(14-22(23)25)15-27-24(26-2)32-8-7-20(18-32)13-21-16-28-29(3)17-21/h5-6,14,16-17,20H,4,7-13,15,18H2,1-3H3,(H,26,27). The third kappa shape index (κ3) is 5.41. The number of aliphatic imine (C=N–C) groups is 1. The lowest BCUT2D eigenvalue weighted by atomic mass is 10.0. The number of nitrogens with one attached hydrogen (secondary N) is 1. The normalized spacial score (nSPS) is 20.2. The van der Waals surface area contributed by atoms with Crippen molar-refractivity contribution in [3.8, 4) is 0 Å². The molecule has 174 valence electrons. The smallest absolute Gasteiger partial charge is 0.193 e. The Labute approximate surface area is 190 Å². The van der Waals surface area contributed by atoms with Gasteiger partial charge in [-0.1, -0.05) is 13.0 Å². The van der Waals surface area contributed by atoms with E-state index in [1.54, 1.807) is 6.07 Å². The molecule has 0 aliphatic carbocycles. The predicted molar refractivity (Wildman–Crippen MR) is 128 cm³/mol. The maximum Gasteiger partial charge on any atom is 0.193 e. The van der Waals surface area contributed by atoms with Crippen LogP contribution in [0.4, 0.5) is 10.1 Å². The van der Waals surface area contributed by atoms with Crippen molar-refractivity contribution in [2.75, 3.05) is 57.8 Å². The summed E-state index contributed by atoms with van der Waals surface area (Å²) in [6, 6.07) is 5.62. The van der Waals surface area contributed by atoms with E-state index < -0.39 is 0 Å². The van der Waals surface area contributed by atoms with Crippen molar-refractivity contribution in [3.63, 3.8) is 0 Å². The van der Waals surface area contributed by atoms with Gasteiger partial charge in [-0.15, -0.1) is 0 Å². The monoisotopic (exact) mass is 441 g/mol. The van der Waals surface area contributed by atoms with Gasteiger partial charge < -0.3 is 20.0 Å². The average molecular weight is 442 g/mol. The minimum atomic E-state index is -0.137. The van der Waals surface area contributed by atoms with Gasteiger partial charge in [0.15, 0.2) is 5.96 Å². The van der Waals surface area contributed by atoms with Crippen LogP contribution in [0.25, 0.3) is 0 Å². The third-order valence-electron chi connectivity index (χ3n) is 6.70. The SMILES string of the molecule is CCN1CCN(c2ccc(CNC(=NC)N3CCC(Cc4cnn(C)c4)C3)cc2F)CC1. The molecule has 1 aromatic heterocycles. The highest BCUT2D eigenvalue weighted by molar-refractivity contribution is 5.80. The quantitative estimate of drug-likeness (QED) is 0.551. The topological polar surface area (TPSA) is 51.9 Å². The van der Waals surface area contributed by atoms with Crippen molar-refractivity contribution in [1.82, 2.24) is 24.9 Å². The summed E-state index contributed by atoms with van der Waals surface area (Å²) in [6.45, 7) is 9.51. The lowest BCUT2D eigenvalue weighted by Gasteiger charge is -2.35. The maximum atomic E-state index is 14.9. The van der Waals surface area contributed by atoms with E-state index in [4.69, 9.17) is 0 Å². The van der Waals surface area contributed by atoms with Gasteiger partial charge in [0.25, 0.3) is 0 Å². The predicted octanol–water partition coefficient (Wildman–Crippen LogP) is 2.34. The summed E-state index contributed by atoms with van der Waals surface area (Å²) in [7, 11) is 3.77. The molecule has 1 aromatic carbocycles. The van der Waals surface area contributed by atoms with E-state index in [2.05, 4.69) is 43.2 Å². The van der Waals surface area contributed by atoms with E-state index in [1.165, 1.54) is 5.56 Å². The number of likely N-dealkylation sites (N-methyl/N-ethyl adjacent to an activating group) is 1. The van der Waals surface area contributed by atoms with E-state index in [0.717, 1.165) is 70.2 Å². The molecule has 0 amide bonds. The van der Waals surface area contributed by atoms with Gasteiger partial charge in [0.1, 0.15) is 5.82 Å². The Balaban J connectivity index is 1.29. The second-order valence-corrected chi connectivity index (χ2v) is 8.93. The fourth-order valence-corrected chi connectivity index (χ4v) is 4.84. The molecule has 2 aliphatic heterocycles. The van der Waals surface area contributed by atoms with Crippen molar-refractivity contribution >= 4 is 11.6 Å². The molecule has 2 fully saturated rings. The highest BCUT2D eigenvalue weighted by atomic mass is 19.1. The molecule has 7 nitrogen and oxygen atoms in total. The molecule has 1 atom stereocenters. The third-order valence-corrected chi connectivity index (χ3v) is 6.70. The number of aryl methyl sites for hydroxylation is 1. The molecule has 8 heteroatoms. The lowest BCUT2D eigenvalue weighted by molar-refractivity contribution is 0.270. The Morgan fingerprint density at radius 2 is 2.00 bits per heavy atom. The van der Waals surface area contributed by atoms with Crippen LogP contribution in [-0.4, -0.2) is 78.4 Å². The Morgan fingerprint density at radius 3 is 2.66 bits per heavy atom. The summed E-state index contributed by atoms with van der Waals surface area (Å²) in [6.07, 6.45) is 6.24. The van der Waals surface area contributed by atoms with Gasteiger partial charge in [-0.25, -0.2) is 4.39 Å². The van der Waals surface area contributed by atoms with Gasteiger partial charge in [-0.2, -0.15) is 5.10 Å². The largest absolute Gasteiger partial charge is 0.367 e. The molecule has 0 radical (unpaired) electrons. The van der Waals surface area contributed by atoms with E-state index in [-0.39, 0.29) is 5.82 Å². The molecule has 1 N–H and O–H groups in total. The number of rotatable bonds is 6. The fourth-order valence-electron chi connectivity index (χ4n) is 4.84. The van der Waals surface area contributed by atoms with Crippen molar-refractivity contribution < 1.29 is 4.39 Å². The first-order valence-electron chi connectivity index (χ1n) is 11.7. The van der Waals surface area contributed by atoms with E-state index in [9.17, 15) is 4.39 Å². The molecule has 2 aliphatic rings. The molecular formula is C24H36FN7. The van der Waals surface area contributed by atoms with Gasteiger partial charge in [0.05, 0.1) is 11.9 Å². The maximum absolute atomic E-state index is 14.9. The zero-order chi connectivity index (χ0) is 22.5. The fraction of sp³-hybridized carbons (Fsp3) is 0.583. The first-order chi connectivity index (χ1) is 15.6. The Hall–Kier alpha value is -2.61. The second-order valence-electron chi connectivity index (χ2n) is 8.93. The second kappa shape index (κ2) is 10.3. The summed E-state index contributed by atoms with van der Waals surface area (Å²) in [5.41, 5.74) is 2.94. The molecular weight excluding hydrogens is 405 g/mol. The number of guanidine groups is 1. The van der Waals surface area contributed by atoms with E-state index in [1.807, 2.05) is 37.1 Å². The molecule has 1 unspecified atom stereocenters. The van der Waals surface area contributed by atoms with Crippen LogP contribution in [0, 0.1) is 11.7 Å². The molecule has 3 heterocycles. The number of halogens is 1. The minimum absolute atomic E-state index is 0.137. The van der Waals surface area contributed by atoms with Crippen LogP contribution in [0.1, 0.15) is 24.5 Å². The number of piperazine rings is 1. The van der Waals surface area contributed by atoms with Crippen LogP contribution < -0.4 is 10.2 Å². The van der Waals surface area contributed by atoms with Gasteiger partial charge in [-0.05, 0) is 48.6 Å². The van der Waals surface area contributed by atoms with Gasteiger partial charge in [0, 0.05) is 66.1 Å². The first-order valence-corrected chi connectivity index (χ1v) is 11.7. The Kier molecular flexibility index (Phi) is 7.29. The van der Waals surface area contributed by atoms with Crippen molar-refractivity contribution in [1.29, 1.82) is 0 Å². The first kappa shape index (κ1) is 22.6. The van der Waals surface area contributed by atoms with E-state index >= 15 is 0 Å². The summed E-state index contributed by atoms with van der Waals surface area (Å²) >= 11 is 0. The number of anilines is 1. The number of hydrogen-bond acceptors (Lipinski definition) is 4. The van der Waals surface area contributed by atoms with Crippen LogP contribution in [0.15, 0.2) is 35.6 Å². The van der Waals surface area contributed by atoms with Crippen LogP contribution in [0.3, 0.4) is 0 Å². The number of likely N-dealkylation sites (tertiary alicyclic amines) is 1. The lowest BCUT2D eigenvalue weighted by Crippen LogP contribution is -2.46.